The number of aromatic nitrogens is 1. The van der Waals surface area contributed by atoms with Gasteiger partial charge < -0.3 is 19.9 Å². The van der Waals surface area contributed by atoms with Gasteiger partial charge in [-0.1, -0.05) is 53.5 Å². The van der Waals surface area contributed by atoms with E-state index in [0.717, 1.165) is 44.3 Å². The molecule has 1 fully saturated rings. The number of amides is 1. The molecule has 1 aliphatic rings. The van der Waals surface area contributed by atoms with Crippen LogP contribution in [-0.2, 0) is 23.9 Å². The zero-order valence-corrected chi connectivity index (χ0v) is 26.9. The van der Waals surface area contributed by atoms with E-state index in [1.807, 2.05) is 18.2 Å². The van der Waals surface area contributed by atoms with Crippen molar-refractivity contribution in [3.05, 3.63) is 109 Å². The number of H-pyrrole nitrogens is 1. The van der Waals surface area contributed by atoms with E-state index in [1.54, 1.807) is 13.1 Å². The number of rotatable bonds is 8. The lowest BCUT2D eigenvalue weighted by atomic mass is 9.94. The molecule has 1 aliphatic heterocycles. The number of nitriles is 1. The summed E-state index contributed by atoms with van der Waals surface area (Å²) in [7, 11) is 1.64. The number of phenolic OH excluding ortho intramolecular Hbond substituents is 1. The Balaban J connectivity index is 1.36. The summed E-state index contributed by atoms with van der Waals surface area (Å²) in [6.45, 7) is 2.53. The second-order valence-electron chi connectivity index (χ2n) is 11.6. The van der Waals surface area contributed by atoms with Crippen LogP contribution in [0.25, 0.3) is 22.4 Å². The fourth-order valence-electron chi connectivity index (χ4n) is 5.90. The van der Waals surface area contributed by atoms with E-state index in [2.05, 4.69) is 22.0 Å². The number of hydrogen-bond donors (Lipinski definition) is 2. The number of carbonyl (C=O) groups is 1. The fourth-order valence-corrected chi connectivity index (χ4v) is 6.36. The number of carbonyl (C=O) groups excluding carboxylic acids is 1. The van der Waals surface area contributed by atoms with E-state index < -0.39 is 22.9 Å². The number of pyridine rings is 1. The predicted molar refractivity (Wildman–Crippen MR) is 175 cm³/mol. The van der Waals surface area contributed by atoms with Crippen LogP contribution in [0.4, 0.5) is 13.2 Å². The number of likely N-dealkylation sites (tertiary alicyclic amines) is 1. The Morgan fingerprint density at radius 3 is 2.40 bits per heavy atom. The van der Waals surface area contributed by atoms with Crippen molar-refractivity contribution in [2.24, 2.45) is 5.92 Å². The van der Waals surface area contributed by atoms with Gasteiger partial charge in [-0.3, -0.25) is 9.59 Å². The first kappa shape index (κ1) is 34.0. The fraction of sp³-hybridized carbons (Fsp3) is 0.286. The summed E-state index contributed by atoms with van der Waals surface area (Å²) in [4.78, 5) is 32.8. The molecule has 0 aliphatic carbocycles. The van der Waals surface area contributed by atoms with Crippen molar-refractivity contribution in [3.63, 3.8) is 0 Å². The number of aromatic amines is 1. The molecule has 0 unspecified atom stereocenters. The molecule has 12 heteroatoms. The van der Waals surface area contributed by atoms with E-state index >= 15 is 0 Å². The minimum Gasteiger partial charge on any atom is -0.507 e. The lowest BCUT2D eigenvalue weighted by molar-refractivity contribution is -0.137. The number of phenols is 1. The molecule has 7 nitrogen and oxygen atoms in total. The summed E-state index contributed by atoms with van der Waals surface area (Å²) in [5.74, 6) is -0.531. The number of nitrogens with zero attached hydrogens (tertiary/aromatic N) is 3. The molecule has 5 rings (SSSR count). The van der Waals surface area contributed by atoms with Crippen LogP contribution in [0.3, 0.4) is 0 Å². The van der Waals surface area contributed by atoms with Gasteiger partial charge in [-0.05, 0) is 74.3 Å². The topological polar surface area (TPSA) is 100 Å². The van der Waals surface area contributed by atoms with E-state index in [1.165, 1.54) is 28.7 Å². The number of hydrogen-bond acceptors (Lipinski definition) is 5. The molecule has 3 aromatic carbocycles. The zero-order valence-electron chi connectivity index (χ0n) is 25.4. The van der Waals surface area contributed by atoms with Gasteiger partial charge in [0.15, 0.2) is 0 Å². The van der Waals surface area contributed by atoms with Crippen LogP contribution in [0.2, 0.25) is 10.0 Å². The molecule has 0 saturated carbocycles. The van der Waals surface area contributed by atoms with Gasteiger partial charge in [-0.25, -0.2) is 0 Å². The molecule has 47 heavy (non-hydrogen) atoms. The summed E-state index contributed by atoms with van der Waals surface area (Å²) >= 11 is 12.7. The standard InChI is InChI=1S/C35H31Cl2F3N4O3/c1-43(34(47)22-10-13-44(14-11-22)12-9-21-5-3-2-4-6-21)20-23-15-25(36)17-28(32(23)45)31-18-26(29(19-41)33(46)42-31)27-16-24(35(38,39)40)7-8-30(27)37/h2-8,15-18,22,45H,9-14,20H2,1H3,(H,42,46). The Hall–Kier alpha value is -4.30. The monoisotopic (exact) mass is 682 g/mol. The van der Waals surface area contributed by atoms with Crippen molar-refractivity contribution in [2.75, 3.05) is 26.7 Å². The Labute approximate surface area is 279 Å². The Kier molecular flexibility index (Phi) is 10.3. The number of benzene rings is 3. The normalized spacial score (nSPS) is 14.1. The summed E-state index contributed by atoms with van der Waals surface area (Å²) < 4.78 is 40.5. The third-order valence-corrected chi connectivity index (χ3v) is 9.00. The first-order valence-electron chi connectivity index (χ1n) is 14.9. The van der Waals surface area contributed by atoms with Crippen LogP contribution in [0, 0.1) is 17.2 Å². The van der Waals surface area contributed by atoms with Gasteiger partial charge in [-0.15, -0.1) is 0 Å². The molecule has 244 valence electrons. The summed E-state index contributed by atoms with van der Waals surface area (Å²) in [5.41, 5.74) is -1.05. The molecule has 2 heterocycles. The van der Waals surface area contributed by atoms with Gasteiger partial charge >= 0.3 is 6.18 Å². The first-order chi connectivity index (χ1) is 22.3. The van der Waals surface area contributed by atoms with Crippen molar-refractivity contribution < 1.29 is 23.1 Å². The van der Waals surface area contributed by atoms with E-state index in [9.17, 15) is 33.1 Å². The smallest absolute Gasteiger partial charge is 0.416 e. The van der Waals surface area contributed by atoms with Crippen LogP contribution in [0.15, 0.2) is 71.5 Å². The molecule has 2 N–H and O–H groups in total. The van der Waals surface area contributed by atoms with Crippen molar-refractivity contribution in [1.29, 1.82) is 5.26 Å². The molecule has 0 atom stereocenters. The van der Waals surface area contributed by atoms with Gasteiger partial charge in [0.2, 0.25) is 5.91 Å². The van der Waals surface area contributed by atoms with Crippen LogP contribution in [0.1, 0.15) is 35.1 Å². The molecular weight excluding hydrogens is 652 g/mol. The molecule has 0 radical (unpaired) electrons. The van der Waals surface area contributed by atoms with Crippen molar-refractivity contribution in [2.45, 2.75) is 32.0 Å². The molecular formula is C35H31Cl2F3N4O3. The first-order valence-corrected chi connectivity index (χ1v) is 15.7. The zero-order chi connectivity index (χ0) is 33.9. The second kappa shape index (κ2) is 14.2. The van der Waals surface area contributed by atoms with Crippen LogP contribution in [-0.4, -0.2) is 52.5 Å². The average Bonchev–Trinajstić information content (AvgIpc) is 3.05. The quantitative estimate of drug-likeness (QED) is 0.200. The van der Waals surface area contributed by atoms with E-state index in [-0.39, 0.29) is 56.5 Å². The van der Waals surface area contributed by atoms with Crippen LogP contribution < -0.4 is 5.56 Å². The highest BCUT2D eigenvalue weighted by atomic mass is 35.5. The lowest BCUT2D eigenvalue weighted by Gasteiger charge is -2.33. The minimum absolute atomic E-state index is 0.00409. The Morgan fingerprint density at radius 1 is 1.04 bits per heavy atom. The molecule has 1 saturated heterocycles. The Bertz CT molecular complexity index is 1880. The van der Waals surface area contributed by atoms with Crippen molar-refractivity contribution >= 4 is 29.1 Å². The van der Waals surface area contributed by atoms with Crippen molar-refractivity contribution in [1.82, 2.24) is 14.8 Å². The highest BCUT2D eigenvalue weighted by molar-refractivity contribution is 6.33. The van der Waals surface area contributed by atoms with Gasteiger partial charge in [0.25, 0.3) is 5.56 Å². The van der Waals surface area contributed by atoms with E-state index in [0.29, 0.717) is 18.4 Å². The molecule has 4 aromatic rings. The SMILES string of the molecule is CN(Cc1cc(Cl)cc(-c2cc(-c3cc(C(F)(F)F)ccc3Cl)c(C#N)c(=O)[nH]2)c1O)C(=O)C1CCN(CCc2ccccc2)CC1. The van der Waals surface area contributed by atoms with Crippen LogP contribution >= 0.6 is 23.2 Å². The highest BCUT2D eigenvalue weighted by Crippen LogP contribution is 2.40. The van der Waals surface area contributed by atoms with E-state index in [4.69, 9.17) is 23.2 Å². The average molecular weight is 684 g/mol. The third kappa shape index (κ3) is 7.82. The number of piperidine rings is 1. The Morgan fingerprint density at radius 2 is 1.74 bits per heavy atom. The minimum atomic E-state index is -4.70. The van der Waals surface area contributed by atoms with Gasteiger partial charge in [0, 0.05) is 58.4 Å². The second-order valence-corrected chi connectivity index (χ2v) is 12.5. The summed E-state index contributed by atoms with van der Waals surface area (Å²) in [6.07, 6.45) is -2.34. The number of nitrogens with one attached hydrogen (secondary N) is 1. The molecule has 1 amide bonds. The molecule has 0 bridgehead atoms. The molecule has 0 spiro atoms. The predicted octanol–water partition coefficient (Wildman–Crippen LogP) is 7.52. The maximum absolute atomic E-state index is 13.5. The summed E-state index contributed by atoms with van der Waals surface area (Å²) in [6, 6.07) is 18.7. The highest BCUT2D eigenvalue weighted by Gasteiger charge is 2.32. The van der Waals surface area contributed by atoms with Gasteiger partial charge in [-0.2, -0.15) is 18.4 Å². The van der Waals surface area contributed by atoms with Gasteiger partial charge in [0.1, 0.15) is 17.4 Å². The lowest BCUT2D eigenvalue weighted by Crippen LogP contribution is -2.41. The van der Waals surface area contributed by atoms with Crippen LogP contribution in [0.5, 0.6) is 5.75 Å². The third-order valence-electron chi connectivity index (χ3n) is 8.45. The molecule has 1 aromatic heterocycles. The summed E-state index contributed by atoms with van der Waals surface area (Å²) in [5, 5.41) is 21.1. The van der Waals surface area contributed by atoms with Gasteiger partial charge in [0.05, 0.1) is 11.3 Å². The maximum atomic E-state index is 13.5. The number of halogens is 5. The number of alkyl halides is 3. The number of aromatic hydroxyl groups is 1. The maximum Gasteiger partial charge on any atom is 0.416 e. The van der Waals surface area contributed by atoms with Crippen molar-refractivity contribution in [3.8, 4) is 34.2 Å². The largest absolute Gasteiger partial charge is 0.507 e.